The summed E-state index contributed by atoms with van der Waals surface area (Å²) in [5, 5.41) is 7.63. The van der Waals surface area contributed by atoms with Gasteiger partial charge in [0.25, 0.3) is 5.91 Å². The third kappa shape index (κ3) is 4.35. The van der Waals surface area contributed by atoms with Crippen LogP contribution in [-0.2, 0) is 20.0 Å². The first-order chi connectivity index (χ1) is 12.7. The Bertz CT molecular complexity index is 1080. The van der Waals surface area contributed by atoms with Crippen molar-refractivity contribution in [1.82, 2.24) is 4.31 Å². The van der Waals surface area contributed by atoms with Crippen molar-refractivity contribution in [2.24, 2.45) is 5.14 Å². The summed E-state index contributed by atoms with van der Waals surface area (Å²) in [4.78, 5) is 12.4. The van der Waals surface area contributed by atoms with Crippen LogP contribution >= 0.6 is 0 Å². The first-order valence-corrected chi connectivity index (χ1v) is 11.2. The predicted molar refractivity (Wildman–Crippen MR) is 100 cm³/mol. The minimum atomic E-state index is -3.90. The summed E-state index contributed by atoms with van der Waals surface area (Å²) in [7, 11) is -7.53. The number of carbonyl (C=O) groups is 1. The highest BCUT2D eigenvalue weighted by atomic mass is 32.2. The van der Waals surface area contributed by atoms with Crippen molar-refractivity contribution in [3.05, 3.63) is 54.1 Å². The van der Waals surface area contributed by atoms with Crippen molar-refractivity contribution >= 4 is 31.6 Å². The van der Waals surface area contributed by atoms with E-state index in [1.165, 1.54) is 52.8 Å². The second-order valence-corrected chi connectivity index (χ2v) is 9.67. The number of amides is 1. The molecule has 0 aliphatic carbocycles. The van der Waals surface area contributed by atoms with Crippen molar-refractivity contribution in [2.45, 2.75) is 22.6 Å². The molecule has 1 heterocycles. The van der Waals surface area contributed by atoms with Gasteiger partial charge in [0.15, 0.2) is 0 Å². The normalized spacial score (nSPS) is 15.6. The lowest BCUT2D eigenvalue weighted by atomic mass is 10.2. The van der Waals surface area contributed by atoms with Gasteiger partial charge in [-0.05, 0) is 49.2 Å². The molecule has 0 saturated carbocycles. The van der Waals surface area contributed by atoms with E-state index in [9.17, 15) is 21.6 Å². The maximum Gasteiger partial charge on any atom is 0.255 e. The number of hydrogen-bond donors (Lipinski definition) is 2. The molecule has 0 bridgehead atoms. The molecule has 1 aliphatic rings. The monoisotopic (exact) mass is 409 g/mol. The van der Waals surface area contributed by atoms with Gasteiger partial charge in [0.1, 0.15) is 0 Å². The molecule has 10 heteroatoms. The molecule has 1 aliphatic heterocycles. The molecule has 2 aromatic carbocycles. The smallest absolute Gasteiger partial charge is 0.255 e. The first-order valence-electron chi connectivity index (χ1n) is 8.22. The second kappa shape index (κ2) is 7.39. The summed E-state index contributed by atoms with van der Waals surface area (Å²) in [5.74, 6) is -0.556. The molecule has 8 nitrogen and oxygen atoms in total. The number of anilines is 1. The van der Waals surface area contributed by atoms with E-state index in [0.29, 0.717) is 13.1 Å². The minimum Gasteiger partial charge on any atom is -0.322 e. The van der Waals surface area contributed by atoms with Crippen molar-refractivity contribution in [3.8, 4) is 0 Å². The van der Waals surface area contributed by atoms with Gasteiger partial charge in [-0.2, -0.15) is 4.31 Å². The number of primary sulfonamides is 1. The maximum absolute atomic E-state index is 12.6. The SMILES string of the molecule is NS(=O)(=O)c1cccc(NC(=O)c2cccc(S(=O)(=O)N3CCCC3)c2)c1. The Kier molecular flexibility index (Phi) is 5.33. The van der Waals surface area contributed by atoms with Gasteiger partial charge >= 0.3 is 0 Å². The van der Waals surface area contributed by atoms with Gasteiger partial charge in [0.05, 0.1) is 9.79 Å². The Morgan fingerprint density at radius 3 is 2.22 bits per heavy atom. The van der Waals surface area contributed by atoms with Gasteiger partial charge in [-0.15, -0.1) is 0 Å². The van der Waals surface area contributed by atoms with E-state index in [-0.39, 0.29) is 21.0 Å². The fourth-order valence-corrected chi connectivity index (χ4v) is 4.95. The van der Waals surface area contributed by atoms with E-state index < -0.39 is 26.0 Å². The fourth-order valence-electron chi connectivity index (χ4n) is 2.83. The van der Waals surface area contributed by atoms with Gasteiger partial charge < -0.3 is 5.32 Å². The van der Waals surface area contributed by atoms with Crippen LogP contribution in [0.1, 0.15) is 23.2 Å². The Hall–Kier alpha value is -2.27. The second-order valence-electron chi connectivity index (χ2n) is 6.17. The zero-order chi connectivity index (χ0) is 19.7. The summed E-state index contributed by atoms with van der Waals surface area (Å²) in [6, 6.07) is 11.3. The van der Waals surface area contributed by atoms with Gasteiger partial charge in [-0.25, -0.2) is 22.0 Å². The Labute approximate surface area is 158 Å². The van der Waals surface area contributed by atoms with Gasteiger partial charge in [0.2, 0.25) is 20.0 Å². The first kappa shape index (κ1) is 19.5. The molecule has 27 heavy (non-hydrogen) atoms. The molecule has 0 atom stereocenters. The molecular weight excluding hydrogens is 390 g/mol. The number of benzene rings is 2. The molecule has 0 spiro atoms. The Morgan fingerprint density at radius 1 is 0.926 bits per heavy atom. The van der Waals surface area contributed by atoms with E-state index in [2.05, 4.69) is 5.32 Å². The topological polar surface area (TPSA) is 127 Å². The molecule has 1 amide bonds. The Morgan fingerprint density at radius 2 is 1.56 bits per heavy atom. The van der Waals surface area contributed by atoms with Crippen LogP contribution in [0.4, 0.5) is 5.69 Å². The number of nitrogens with two attached hydrogens (primary N) is 1. The molecule has 0 radical (unpaired) electrons. The zero-order valence-electron chi connectivity index (χ0n) is 14.3. The maximum atomic E-state index is 12.6. The van der Waals surface area contributed by atoms with Crippen LogP contribution in [0, 0.1) is 0 Å². The molecule has 1 fully saturated rings. The van der Waals surface area contributed by atoms with Crippen molar-refractivity contribution in [3.63, 3.8) is 0 Å². The van der Waals surface area contributed by atoms with E-state index in [1.54, 1.807) is 0 Å². The van der Waals surface area contributed by atoms with Crippen molar-refractivity contribution in [1.29, 1.82) is 0 Å². The lowest BCUT2D eigenvalue weighted by Crippen LogP contribution is -2.28. The number of carbonyl (C=O) groups excluding carboxylic acids is 1. The number of rotatable bonds is 5. The highest BCUT2D eigenvalue weighted by Gasteiger charge is 2.27. The van der Waals surface area contributed by atoms with Crippen molar-refractivity contribution in [2.75, 3.05) is 18.4 Å². The van der Waals surface area contributed by atoms with E-state index in [4.69, 9.17) is 5.14 Å². The highest BCUT2D eigenvalue weighted by Crippen LogP contribution is 2.22. The van der Waals surface area contributed by atoms with Crippen LogP contribution in [0.25, 0.3) is 0 Å². The van der Waals surface area contributed by atoms with Crippen LogP contribution in [0.2, 0.25) is 0 Å². The average Bonchev–Trinajstić information content (AvgIpc) is 3.17. The summed E-state index contributed by atoms with van der Waals surface area (Å²) >= 11 is 0. The third-order valence-corrected chi connectivity index (χ3v) is 7.03. The fraction of sp³-hybridized carbons (Fsp3) is 0.235. The van der Waals surface area contributed by atoms with Crippen LogP contribution < -0.4 is 10.5 Å². The molecule has 0 aromatic heterocycles. The van der Waals surface area contributed by atoms with Crippen LogP contribution in [0.3, 0.4) is 0 Å². The van der Waals surface area contributed by atoms with E-state index >= 15 is 0 Å². The summed E-state index contributed by atoms with van der Waals surface area (Å²) < 4.78 is 49.5. The van der Waals surface area contributed by atoms with Crippen LogP contribution in [0.5, 0.6) is 0 Å². The van der Waals surface area contributed by atoms with Crippen molar-refractivity contribution < 1.29 is 21.6 Å². The third-order valence-electron chi connectivity index (χ3n) is 4.22. The predicted octanol–water partition coefficient (Wildman–Crippen LogP) is 1.37. The minimum absolute atomic E-state index is 0.0512. The molecule has 0 unspecified atom stereocenters. The van der Waals surface area contributed by atoms with Gasteiger partial charge in [-0.3, -0.25) is 4.79 Å². The summed E-state index contributed by atoms with van der Waals surface area (Å²) in [5.41, 5.74) is 0.385. The lowest BCUT2D eigenvalue weighted by Gasteiger charge is -2.16. The number of sulfonamides is 2. The van der Waals surface area contributed by atoms with E-state index in [0.717, 1.165) is 12.8 Å². The van der Waals surface area contributed by atoms with Gasteiger partial charge in [0, 0.05) is 24.3 Å². The average molecular weight is 409 g/mol. The number of hydrogen-bond acceptors (Lipinski definition) is 5. The van der Waals surface area contributed by atoms with Gasteiger partial charge in [-0.1, -0.05) is 12.1 Å². The van der Waals surface area contributed by atoms with Crippen LogP contribution in [-0.4, -0.2) is 40.1 Å². The standard InChI is InChI=1S/C17H19N3O5S2/c18-26(22,23)15-7-4-6-14(12-15)19-17(21)13-5-3-8-16(11-13)27(24,25)20-9-1-2-10-20/h3-8,11-12H,1-2,9-10H2,(H,19,21)(H2,18,22,23). The molecule has 3 rings (SSSR count). The summed E-state index contributed by atoms with van der Waals surface area (Å²) in [6.07, 6.45) is 1.64. The zero-order valence-corrected chi connectivity index (χ0v) is 16.0. The number of nitrogens with one attached hydrogen (secondary N) is 1. The largest absolute Gasteiger partial charge is 0.322 e. The molecule has 144 valence electrons. The van der Waals surface area contributed by atoms with E-state index in [1.807, 2.05) is 0 Å². The highest BCUT2D eigenvalue weighted by molar-refractivity contribution is 7.89. The molecule has 1 saturated heterocycles. The van der Waals surface area contributed by atoms with Crippen LogP contribution in [0.15, 0.2) is 58.3 Å². The Balaban J connectivity index is 1.84. The molecular formula is C17H19N3O5S2. The molecule has 3 N–H and O–H groups in total. The molecule has 2 aromatic rings. The number of nitrogens with zero attached hydrogens (tertiary/aromatic N) is 1. The summed E-state index contributed by atoms with van der Waals surface area (Å²) in [6.45, 7) is 0.943. The quantitative estimate of drug-likeness (QED) is 0.771. The lowest BCUT2D eigenvalue weighted by molar-refractivity contribution is 0.102.